The monoisotopic (exact) mass is 385 g/mol. The lowest BCUT2D eigenvalue weighted by molar-refractivity contribution is -0.140. The summed E-state index contributed by atoms with van der Waals surface area (Å²) < 4.78 is 18.7. The van der Waals surface area contributed by atoms with Gasteiger partial charge in [0.2, 0.25) is 0 Å². The maximum atomic E-state index is 13.2. The molecule has 0 heterocycles. The van der Waals surface area contributed by atoms with Gasteiger partial charge in [0.05, 0.1) is 11.5 Å². The Morgan fingerprint density at radius 2 is 1.75 bits per heavy atom. The Morgan fingerprint density at radius 1 is 1.11 bits per heavy atom. The van der Waals surface area contributed by atoms with Crippen molar-refractivity contribution in [2.24, 2.45) is 23.7 Å². The van der Waals surface area contributed by atoms with Gasteiger partial charge in [0.1, 0.15) is 17.6 Å². The predicted molar refractivity (Wildman–Crippen MR) is 107 cm³/mol. The molecule has 0 aliphatic heterocycles. The molecule has 0 bridgehead atoms. The highest BCUT2D eigenvalue weighted by atomic mass is 19.1. The summed E-state index contributed by atoms with van der Waals surface area (Å²) in [6, 6.07) is 5.59. The molecule has 0 N–H and O–H groups in total. The summed E-state index contributed by atoms with van der Waals surface area (Å²) in [5.74, 6) is 1.81. The number of nitrogens with zero attached hydrogens (tertiary/aromatic N) is 1. The molecule has 3 nitrogen and oxygen atoms in total. The van der Waals surface area contributed by atoms with Gasteiger partial charge in [0, 0.05) is 0 Å². The number of carbonyl (C=O) groups excluding carboxylic acids is 1. The van der Waals surface area contributed by atoms with E-state index < -0.39 is 5.82 Å². The second-order valence-corrected chi connectivity index (χ2v) is 8.71. The van der Waals surface area contributed by atoms with Crippen molar-refractivity contribution in [1.29, 1.82) is 5.26 Å². The van der Waals surface area contributed by atoms with Gasteiger partial charge < -0.3 is 4.74 Å². The van der Waals surface area contributed by atoms with Crippen LogP contribution >= 0.6 is 0 Å². The van der Waals surface area contributed by atoms with Crippen molar-refractivity contribution in [3.8, 4) is 11.8 Å². The molecule has 4 heteroatoms. The van der Waals surface area contributed by atoms with Crippen molar-refractivity contribution in [2.75, 3.05) is 0 Å². The standard InChI is InChI=1S/C24H32FNO2/c1-2-3-4-17-5-7-18(8-6-17)19-9-11-20(12-10-19)24(27)28-23-14-13-22(25)15-21(23)16-26/h13-15,17-20H,2-12H2,1H3. The number of nitriles is 1. The molecule has 0 atom stereocenters. The van der Waals surface area contributed by atoms with Gasteiger partial charge in [0.25, 0.3) is 0 Å². The van der Waals surface area contributed by atoms with Crippen LogP contribution in [0.3, 0.4) is 0 Å². The molecule has 0 saturated heterocycles. The van der Waals surface area contributed by atoms with Gasteiger partial charge in [0.15, 0.2) is 0 Å². The highest BCUT2D eigenvalue weighted by molar-refractivity contribution is 5.76. The number of esters is 1. The van der Waals surface area contributed by atoms with Crippen LogP contribution in [0, 0.1) is 40.8 Å². The highest BCUT2D eigenvalue weighted by Crippen LogP contribution is 2.42. The Bertz CT molecular complexity index is 695. The minimum absolute atomic E-state index is 0.0712. The van der Waals surface area contributed by atoms with Crippen molar-refractivity contribution in [3.63, 3.8) is 0 Å². The van der Waals surface area contributed by atoms with Crippen LogP contribution in [-0.4, -0.2) is 5.97 Å². The predicted octanol–water partition coefficient (Wildman–Crippen LogP) is 6.41. The molecule has 0 unspecified atom stereocenters. The van der Waals surface area contributed by atoms with Gasteiger partial charge in [-0.15, -0.1) is 0 Å². The summed E-state index contributed by atoms with van der Waals surface area (Å²) in [6.45, 7) is 2.27. The van der Waals surface area contributed by atoms with Gasteiger partial charge in [-0.05, 0) is 74.5 Å². The van der Waals surface area contributed by atoms with E-state index in [0.29, 0.717) is 0 Å². The van der Waals surface area contributed by atoms with E-state index >= 15 is 0 Å². The number of carbonyl (C=O) groups is 1. The summed E-state index contributed by atoms with van der Waals surface area (Å²) in [5, 5.41) is 9.10. The summed E-state index contributed by atoms with van der Waals surface area (Å²) in [7, 11) is 0. The van der Waals surface area contributed by atoms with Crippen LogP contribution in [0.5, 0.6) is 5.75 Å². The number of halogens is 1. The molecular formula is C24H32FNO2. The summed E-state index contributed by atoms with van der Waals surface area (Å²) in [4.78, 5) is 12.5. The van der Waals surface area contributed by atoms with Crippen LogP contribution < -0.4 is 4.74 Å². The van der Waals surface area contributed by atoms with Crippen molar-refractivity contribution in [1.82, 2.24) is 0 Å². The molecule has 0 amide bonds. The summed E-state index contributed by atoms with van der Waals surface area (Å²) in [5.41, 5.74) is 0.0712. The average Bonchev–Trinajstić information content (AvgIpc) is 2.74. The van der Waals surface area contributed by atoms with Gasteiger partial charge in [-0.2, -0.15) is 5.26 Å². The Hall–Kier alpha value is -1.89. The van der Waals surface area contributed by atoms with Crippen LogP contribution in [0.15, 0.2) is 18.2 Å². The van der Waals surface area contributed by atoms with E-state index in [9.17, 15) is 9.18 Å². The SMILES string of the molecule is CCCCC1CCC(C2CCC(C(=O)Oc3ccc(F)cc3C#N)CC2)CC1. The third kappa shape index (κ3) is 5.34. The van der Waals surface area contributed by atoms with E-state index in [1.54, 1.807) is 0 Å². The van der Waals surface area contributed by atoms with Crippen molar-refractivity contribution in [3.05, 3.63) is 29.6 Å². The lowest BCUT2D eigenvalue weighted by Gasteiger charge is -2.37. The minimum atomic E-state index is -0.499. The smallest absolute Gasteiger partial charge is 0.314 e. The molecule has 1 aromatic rings. The number of benzene rings is 1. The minimum Gasteiger partial charge on any atom is -0.425 e. The van der Waals surface area contributed by atoms with Crippen LogP contribution in [0.1, 0.15) is 83.1 Å². The fourth-order valence-electron chi connectivity index (χ4n) is 5.14. The number of hydrogen-bond donors (Lipinski definition) is 0. The van der Waals surface area contributed by atoms with E-state index in [-0.39, 0.29) is 23.2 Å². The van der Waals surface area contributed by atoms with Gasteiger partial charge >= 0.3 is 5.97 Å². The van der Waals surface area contributed by atoms with E-state index in [1.807, 2.05) is 6.07 Å². The zero-order valence-electron chi connectivity index (χ0n) is 17.0. The van der Waals surface area contributed by atoms with Crippen molar-refractivity contribution < 1.29 is 13.9 Å². The number of ether oxygens (including phenoxy) is 1. The summed E-state index contributed by atoms with van der Waals surface area (Å²) >= 11 is 0. The van der Waals surface area contributed by atoms with E-state index in [1.165, 1.54) is 57.1 Å². The molecule has 2 fully saturated rings. The zero-order valence-corrected chi connectivity index (χ0v) is 17.0. The maximum Gasteiger partial charge on any atom is 0.314 e. The number of hydrogen-bond acceptors (Lipinski definition) is 3. The Morgan fingerprint density at radius 3 is 2.36 bits per heavy atom. The molecule has 0 aromatic heterocycles. The first-order valence-corrected chi connectivity index (χ1v) is 11.0. The third-order valence-corrected chi connectivity index (χ3v) is 6.90. The fourth-order valence-corrected chi connectivity index (χ4v) is 5.14. The number of rotatable bonds is 6. The Kier molecular flexibility index (Phi) is 7.48. The van der Waals surface area contributed by atoms with Crippen LogP contribution in [-0.2, 0) is 4.79 Å². The van der Waals surface area contributed by atoms with Gasteiger partial charge in [-0.25, -0.2) is 4.39 Å². The number of unbranched alkanes of at least 4 members (excludes halogenated alkanes) is 1. The maximum absolute atomic E-state index is 13.2. The largest absolute Gasteiger partial charge is 0.425 e. The first kappa shape index (κ1) is 20.8. The molecule has 2 aliphatic carbocycles. The van der Waals surface area contributed by atoms with Crippen LogP contribution in [0.4, 0.5) is 4.39 Å². The lowest BCUT2D eigenvalue weighted by atomic mass is 9.68. The molecule has 2 saturated carbocycles. The fraction of sp³-hybridized carbons (Fsp3) is 0.667. The van der Waals surface area contributed by atoms with E-state index in [2.05, 4.69) is 6.92 Å². The second-order valence-electron chi connectivity index (χ2n) is 8.71. The first-order valence-electron chi connectivity index (χ1n) is 11.0. The topological polar surface area (TPSA) is 50.1 Å². The Labute approximate surface area is 168 Å². The summed E-state index contributed by atoms with van der Waals surface area (Å²) in [6.07, 6.45) is 13.5. The quantitative estimate of drug-likeness (QED) is 0.420. The second kappa shape index (κ2) is 10.0. The molecule has 28 heavy (non-hydrogen) atoms. The van der Waals surface area contributed by atoms with E-state index in [0.717, 1.165) is 49.5 Å². The molecule has 3 rings (SSSR count). The third-order valence-electron chi connectivity index (χ3n) is 6.90. The first-order chi connectivity index (χ1) is 13.6. The van der Waals surface area contributed by atoms with E-state index in [4.69, 9.17) is 10.00 Å². The molecule has 2 aliphatic rings. The molecule has 0 radical (unpaired) electrons. The van der Waals surface area contributed by atoms with Crippen molar-refractivity contribution in [2.45, 2.75) is 77.6 Å². The van der Waals surface area contributed by atoms with Crippen LogP contribution in [0.2, 0.25) is 0 Å². The van der Waals surface area contributed by atoms with Gasteiger partial charge in [-0.3, -0.25) is 4.79 Å². The molecule has 152 valence electrons. The molecule has 0 spiro atoms. The normalized spacial score (nSPS) is 27.8. The lowest BCUT2D eigenvalue weighted by Crippen LogP contribution is -2.30. The average molecular weight is 386 g/mol. The van der Waals surface area contributed by atoms with Crippen LogP contribution in [0.25, 0.3) is 0 Å². The highest BCUT2D eigenvalue weighted by Gasteiger charge is 2.33. The zero-order chi connectivity index (χ0) is 19.9. The Balaban J connectivity index is 1.45. The molecular weight excluding hydrogens is 353 g/mol. The van der Waals surface area contributed by atoms with Crippen molar-refractivity contribution >= 4 is 5.97 Å². The molecule has 1 aromatic carbocycles. The van der Waals surface area contributed by atoms with Gasteiger partial charge in [-0.1, -0.05) is 39.0 Å².